The van der Waals surface area contributed by atoms with Gasteiger partial charge < -0.3 is 16.0 Å². The van der Waals surface area contributed by atoms with Gasteiger partial charge in [0.25, 0.3) is 5.91 Å². The van der Waals surface area contributed by atoms with Gasteiger partial charge in [0, 0.05) is 36.4 Å². The Morgan fingerprint density at radius 2 is 1.71 bits per heavy atom. The van der Waals surface area contributed by atoms with Gasteiger partial charge in [0.15, 0.2) is 5.69 Å². The number of aromatic nitrogens is 2. The van der Waals surface area contributed by atoms with Crippen molar-refractivity contribution in [2.24, 2.45) is 5.73 Å². The summed E-state index contributed by atoms with van der Waals surface area (Å²) in [6.07, 6.45) is 0.435. The minimum Gasteiger partial charge on any atom is -0.364 e. The van der Waals surface area contributed by atoms with E-state index in [0.717, 1.165) is 5.56 Å². The van der Waals surface area contributed by atoms with E-state index in [4.69, 9.17) is 17.3 Å². The van der Waals surface area contributed by atoms with E-state index in [1.165, 1.54) is 21.7 Å². The maximum Gasteiger partial charge on any atom is 0.269 e. The smallest absolute Gasteiger partial charge is 0.269 e. The molecule has 0 spiro atoms. The van der Waals surface area contributed by atoms with Crippen molar-refractivity contribution in [3.05, 3.63) is 100.0 Å². The molecule has 0 atom stereocenters. The molecule has 0 fully saturated rings. The van der Waals surface area contributed by atoms with E-state index >= 15 is 0 Å². The number of ketones is 1. The average molecular weight is 592 g/mol. The fourth-order valence-corrected chi connectivity index (χ4v) is 4.81. The summed E-state index contributed by atoms with van der Waals surface area (Å²) in [5.74, 6) is -2.28. The summed E-state index contributed by atoms with van der Waals surface area (Å²) in [5.41, 5.74) is 7.88. The zero-order valence-corrected chi connectivity index (χ0v) is 24.0. The first-order valence-electron chi connectivity index (χ1n) is 13.4. The highest BCUT2D eigenvalue weighted by Crippen LogP contribution is 2.22. The van der Waals surface area contributed by atoms with Crippen molar-refractivity contribution in [2.45, 2.75) is 45.8 Å². The first-order chi connectivity index (χ1) is 20.0. The molecule has 0 aliphatic rings. The Morgan fingerprint density at radius 1 is 1.00 bits per heavy atom. The fourth-order valence-electron chi connectivity index (χ4n) is 4.62. The second-order valence-corrected chi connectivity index (χ2v) is 10.6. The minimum absolute atomic E-state index is 0.00713. The minimum atomic E-state index is -0.771. The van der Waals surface area contributed by atoms with E-state index in [9.17, 15) is 23.6 Å². The van der Waals surface area contributed by atoms with E-state index in [2.05, 4.69) is 10.4 Å². The molecule has 4 aromatic rings. The van der Waals surface area contributed by atoms with Crippen LogP contribution in [0.4, 0.5) is 4.39 Å². The lowest BCUT2D eigenvalue weighted by atomic mass is 10.0. The van der Waals surface area contributed by atoms with Crippen LogP contribution >= 0.6 is 11.6 Å². The summed E-state index contributed by atoms with van der Waals surface area (Å²) in [4.78, 5) is 52.2. The number of nitrogens with zero attached hydrogens (tertiary/aromatic N) is 3. The van der Waals surface area contributed by atoms with Gasteiger partial charge in [-0.3, -0.25) is 23.9 Å². The summed E-state index contributed by atoms with van der Waals surface area (Å²) in [6.45, 7) is 2.90. The van der Waals surface area contributed by atoms with Crippen LogP contribution in [0.25, 0.3) is 10.9 Å². The van der Waals surface area contributed by atoms with Gasteiger partial charge in [-0.25, -0.2) is 4.39 Å². The molecule has 0 saturated carbocycles. The lowest BCUT2D eigenvalue weighted by molar-refractivity contribution is -0.138. The first kappa shape index (κ1) is 30.4. The Morgan fingerprint density at radius 3 is 2.40 bits per heavy atom. The molecule has 4 rings (SSSR count). The monoisotopic (exact) mass is 591 g/mol. The summed E-state index contributed by atoms with van der Waals surface area (Å²) in [5, 5.41) is 7.28. The zero-order valence-electron chi connectivity index (χ0n) is 23.3. The van der Waals surface area contributed by atoms with Crippen LogP contribution in [0, 0.1) is 5.82 Å². The van der Waals surface area contributed by atoms with E-state index in [1.54, 1.807) is 38.1 Å². The predicted molar refractivity (Wildman–Crippen MR) is 157 cm³/mol. The molecule has 0 aliphatic carbocycles. The molecule has 1 heterocycles. The maximum atomic E-state index is 14.2. The van der Waals surface area contributed by atoms with E-state index in [0.29, 0.717) is 16.5 Å². The number of Topliss-reactive ketones (excluding diaryl/α,β-unsaturated/α-hetero) is 1. The van der Waals surface area contributed by atoms with Gasteiger partial charge in [-0.05, 0) is 43.2 Å². The Bertz CT molecular complexity index is 1640. The van der Waals surface area contributed by atoms with Gasteiger partial charge in [0.2, 0.25) is 11.8 Å². The number of halogens is 2. The van der Waals surface area contributed by atoms with Gasteiger partial charge in [0.1, 0.15) is 18.1 Å². The van der Waals surface area contributed by atoms with Crippen LogP contribution in [-0.2, 0) is 40.3 Å². The van der Waals surface area contributed by atoms with Crippen LogP contribution < -0.4 is 11.1 Å². The van der Waals surface area contributed by atoms with Crippen LogP contribution in [0.15, 0.2) is 66.7 Å². The highest BCUT2D eigenvalue weighted by molar-refractivity contribution is 6.30. The highest BCUT2D eigenvalue weighted by atomic mass is 35.5. The summed E-state index contributed by atoms with van der Waals surface area (Å²) < 4.78 is 15.5. The molecule has 42 heavy (non-hydrogen) atoms. The number of benzene rings is 3. The Kier molecular flexibility index (Phi) is 9.69. The summed E-state index contributed by atoms with van der Waals surface area (Å²) in [6, 6.07) is 18.7. The summed E-state index contributed by atoms with van der Waals surface area (Å²) in [7, 11) is 0. The topological polar surface area (TPSA) is 127 Å². The van der Waals surface area contributed by atoms with Crippen molar-refractivity contribution in [1.82, 2.24) is 20.0 Å². The number of fused-ring (bicyclic) bond motifs is 1. The van der Waals surface area contributed by atoms with Crippen molar-refractivity contribution in [3.8, 4) is 0 Å². The van der Waals surface area contributed by atoms with Gasteiger partial charge in [-0.1, -0.05) is 60.1 Å². The number of nitrogens with one attached hydrogen (secondary N) is 1. The molecule has 3 amide bonds. The largest absolute Gasteiger partial charge is 0.364 e. The lowest BCUT2D eigenvalue weighted by Gasteiger charge is -2.26. The van der Waals surface area contributed by atoms with E-state index in [-0.39, 0.29) is 60.6 Å². The third-order valence-electron chi connectivity index (χ3n) is 6.74. The molecule has 3 N–H and O–H groups in total. The molecular formula is C31H31ClFN5O4. The molecule has 1 aromatic heterocycles. The normalized spacial score (nSPS) is 11.1. The van der Waals surface area contributed by atoms with Crippen LogP contribution in [-0.4, -0.2) is 50.8 Å². The maximum absolute atomic E-state index is 14.2. The van der Waals surface area contributed by atoms with Crippen molar-refractivity contribution < 1.29 is 23.6 Å². The standard InChI is InChI=1S/C31H31ClFN5O4/c1-19(2)37(17-27(40)35-16-22-9-6-10-25(32)29(22)33)28(41)18-38-26-12-11-21(15-24(26)30(36-38)31(34)42)14-23(39)13-20-7-4-3-5-8-20/h3-12,15,19H,13-14,16-18H2,1-2H3,(H2,34,42)(H,35,40). The molecular weight excluding hydrogens is 561 g/mol. The number of amides is 3. The molecule has 0 bridgehead atoms. The number of carbonyl (C=O) groups is 4. The quantitative estimate of drug-likeness (QED) is 0.259. The number of hydrogen-bond donors (Lipinski definition) is 2. The fraction of sp³-hybridized carbons (Fsp3) is 0.258. The molecule has 0 aliphatic heterocycles. The van der Waals surface area contributed by atoms with Crippen LogP contribution in [0.5, 0.6) is 0 Å². The number of carbonyl (C=O) groups excluding carboxylic acids is 4. The Labute approximate surface area is 247 Å². The van der Waals surface area contributed by atoms with Crippen molar-refractivity contribution >= 4 is 46.0 Å². The molecule has 11 heteroatoms. The van der Waals surface area contributed by atoms with Gasteiger partial charge in [-0.2, -0.15) is 5.10 Å². The third kappa shape index (κ3) is 7.38. The molecule has 218 valence electrons. The van der Waals surface area contributed by atoms with Crippen LogP contribution in [0.3, 0.4) is 0 Å². The highest BCUT2D eigenvalue weighted by Gasteiger charge is 2.24. The van der Waals surface area contributed by atoms with Gasteiger partial charge >= 0.3 is 0 Å². The van der Waals surface area contributed by atoms with E-state index < -0.39 is 23.5 Å². The average Bonchev–Trinajstić information content (AvgIpc) is 3.30. The molecule has 0 radical (unpaired) electrons. The Hall–Kier alpha value is -4.57. The van der Waals surface area contributed by atoms with Gasteiger partial charge in [-0.15, -0.1) is 0 Å². The predicted octanol–water partition coefficient (Wildman–Crippen LogP) is 3.84. The molecule has 0 saturated heterocycles. The summed E-state index contributed by atoms with van der Waals surface area (Å²) >= 11 is 5.80. The molecule has 9 nitrogen and oxygen atoms in total. The number of primary amides is 1. The van der Waals surface area contributed by atoms with Gasteiger partial charge in [0.05, 0.1) is 17.1 Å². The lowest BCUT2D eigenvalue weighted by Crippen LogP contribution is -2.45. The second-order valence-electron chi connectivity index (χ2n) is 10.2. The number of rotatable bonds is 12. The first-order valence-corrected chi connectivity index (χ1v) is 13.7. The van der Waals surface area contributed by atoms with Crippen molar-refractivity contribution in [3.63, 3.8) is 0 Å². The van der Waals surface area contributed by atoms with Crippen LogP contribution in [0.1, 0.15) is 41.0 Å². The third-order valence-corrected chi connectivity index (χ3v) is 7.04. The molecule has 3 aromatic carbocycles. The second kappa shape index (κ2) is 13.4. The Balaban J connectivity index is 1.47. The van der Waals surface area contributed by atoms with Crippen molar-refractivity contribution in [1.29, 1.82) is 0 Å². The van der Waals surface area contributed by atoms with E-state index in [1.807, 2.05) is 30.3 Å². The zero-order chi connectivity index (χ0) is 30.4. The van der Waals surface area contributed by atoms with Crippen LogP contribution in [0.2, 0.25) is 5.02 Å². The number of nitrogens with two attached hydrogens (primary N) is 1. The molecule has 0 unspecified atom stereocenters. The van der Waals surface area contributed by atoms with Crippen molar-refractivity contribution in [2.75, 3.05) is 6.54 Å². The SMILES string of the molecule is CC(C)N(CC(=O)NCc1cccc(Cl)c1F)C(=O)Cn1nc(C(N)=O)c2cc(CC(=O)Cc3ccccc3)ccc21. The number of hydrogen-bond acceptors (Lipinski definition) is 5.